The average molecular weight is 218 g/mol. The average Bonchev–Trinajstić information content (AvgIpc) is 2.33. The SMILES string of the molecule is [N]c1ccc(OCCN2CCCCC2)cc1. The molecule has 0 spiro atoms. The van der Waals surface area contributed by atoms with Crippen molar-refractivity contribution in [3.63, 3.8) is 0 Å². The maximum atomic E-state index is 9.12. The summed E-state index contributed by atoms with van der Waals surface area (Å²) in [5, 5.41) is 0. The van der Waals surface area contributed by atoms with E-state index in [1.165, 1.54) is 32.4 Å². The molecule has 0 unspecified atom stereocenters. The Morgan fingerprint density at radius 2 is 1.75 bits per heavy atom. The van der Waals surface area contributed by atoms with Crippen LogP contribution in [0, 0.1) is 0 Å². The van der Waals surface area contributed by atoms with Crippen LogP contribution in [0.3, 0.4) is 0 Å². The number of ether oxygens (including phenoxy) is 1. The molecule has 1 fully saturated rings. The van der Waals surface area contributed by atoms with Gasteiger partial charge in [0.2, 0.25) is 0 Å². The zero-order valence-corrected chi connectivity index (χ0v) is 9.56. The molecule has 3 heteroatoms. The van der Waals surface area contributed by atoms with Crippen molar-refractivity contribution in [3.05, 3.63) is 24.3 Å². The largest absolute Gasteiger partial charge is 0.492 e. The molecule has 1 heterocycles. The van der Waals surface area contributed by atoms with Crippen LogP contribution >= 0.6 is 0 Å². The first kappa shape index (κ1) is 11.3. The van der Waals surface area contributed by atoms with Gasteiger partial charge in [0.15, 0.2) is 0 Å². The third-order valence-electron chi connectivity index (χ3n) is 2.96. The fourth-order valence-electron chi connectivity index (χ4n) is 2.02. The highest BCUT2D eigenvalue weighted by atomic mass is 16.5. The van der Waals surface area contributed by atoms with Gasteiger partial charge in [-0.1, -0.05) is 6.42 Å². The van der Waals surface area contributed by atoms with Gasteiger partial charge in [-0.15, -0.1) is 0 Å². The molecule has 0 atom stereocenters. The number of nitrogens with zero attached hydrogens (tertiary/aromatic N) is 2. The minimum Gasteiger partial charge on any atom is -0.492 e. The molecule has 0 aromatic heterocycles. The summed E-state index contributed by atoms with van der Waals surface area (Å²) in [6.45, 7) is 4.14. The van der Waals surface area contributed by atoms with Crippen LogP contribution in [0.25, 0.3) is 0 Å². The molecule has 0 aliphatic carbocycles. The summed E-state index contributed by atoms with van der Waals surface area (Å²) in [6, 6.07) is 6.89. The normalized spacial score (nSPS) is 17.2. The van der Waals surface area contributed by atoms with Gasteiger partial charge in [-0.05, 0) is 50.2 Å². The molecule has 3 nitrogen and oxygen atoms in total. The van der Waals surface area contributed by atoms with Gasteiger partial charge in [-0.25, -0.2) is 0 Å². The first-order valence-electron chi connectivity index (χ1n) is 5.99. The lowest BCUT2D eigenvalue weighted by Gasteiger charge is -2.26. The minimum atomic E-state index is 0.281. The monoisotopic (exact) mass is 218 g/mol. The van der Waals surface area contributed by atoms with E-state index in [1.54, 1.807) is 24.3 Å². The number of rotatable bonds is 4. The van der Waals surface area contributed by atoms with Crippen LogP contribution < -0.4 is 10.5 Å². The van der Waals surface area contributed by atoms with Crippen LogP contribution in [0.2, 0.25) is 0 Å². The highest BCUT2D eigenvalue weighted by Gasteiger charge is 2.09. The molecular formula is C13H18N2O. The van der Waals surface area contributed by atoms with E-state index in [4.69, 9.17) is 10.5 Å². The summed E-state index contributed by atoms with van der Waals surface area (Å²) < 4.78 is 5.61. The molecule has 1 saturated heterocycles. The molecule has 0 amide bonds. The summed E-state index contributed by atoms with van der Waals surface area (Å²) in [7, 11) is 0. The van der Waals surface area contributed by atoms with E-state index in [1.807, 2.05) is 0 Å². The van der Waals surface area contributed by atoms with E-state index in [9.17, 15) is 0 Å². The molecule has 16 heavy (non-hydrogen) atoms. The highest BCUT2D eigenvalue weighted by molar-refractivity contribution is 5.38. The molecule has 86 valence electrons. The molecule has 0 N–H and O–H groups in total. The lowest BCUT2D eigenvalue weighted by Crippen LogP contribution is -2.33. The predicted octanol–water partition coefficient (Wildman–Crippen LogP) is 2.25. The van der Waals surface area contributed by atoms with Crippen molar-refractivity contribution in [1.29, 1.82) is 0 Å². The van der Waals surface area contributed by atoms with Crippen LogP contribution in [0.4, 0.5) is 5.69 Å². The lowest BCUT2D eigenvalue weighted by molar-refractivity contribution is 0.183. The number of benzene rings is 1. The van der Waals surface area contributed by atoms with E-state index in [0.29, 0.717) is 0 Å². The van der Waals surface area contributed by atoms with Crippen molar-refractivity contribution in [2.45, 2.75) is 19.3 Å². The maximum Gasteiger partial charge on any atom is 0.119 e. The van der Waals surface area contributed by atoms with E-state index in [-0.39, 0.29) is 5.69 Å². The van der Waals surface area contributed by atoms with Crippen molar-refractivity contribution in [3.8, 4) is 5.75 Å². The van der Waals surface area contributed by atoms with E-state index in [2.05, 4.69) is 4.90 Å². The standard InChI is InChI=1S/C13H18N2O/c14-12-4-6-13(7-5-12)16-11-10-15-8-2-1-3-9-15/h4-7H,1-3,8-11H2. The smallest absolute Gasteiger partial charge is 0.119 e. The van der Waals surface area contributed by atoms with Crippen LogP contribution in [0.1, 0.15) is 19.3 Å². The van der Waals surface area contributed by atoms with Gasteiger partial charge in [-0.3, -0.25) is 4.90 Å². The molecule has 2 rings (SSSR count). The van der Waals surface area contributed by atoms with Crippen LogP contribution in [0.5, 0.6) is 5.75 Å². The Hall–Kier alpha value is -1.22. The van der Waals surface area contributed by atoms with Gasteiger partial charge in [0.1, 0.15) is 12.4 Å². The topological polar surface area (TPSA) is 34.8 Å². The molecule has 0 saturated carbocycles. The highest BCUT2D eigenvalue weighted by Crippen LogP contribution is 2.14. The second-order valence-electron chi connectivity index (χ2n) is 4.24. The molecule has 1 aromatic rings. The van der Waals surface area contributed by atoms with Gasteiger partial charge >= 0.3 is 0 Å². The van der Waals surface area contributed by atoms with E-state index in [0.717, 1.165) is 18.9 Å². The summed E-state index contributed by atoms with van der Waals surface area (Å²) in [6.07, 6.45) is 4.01. The van der Waals surface area contributed by atoms with Gasteiger partial charge in [0.25, 0.3) is 0 Å². The molecule has 1 aliphatic heterocycles. The summed E-state index contributed by atoms with van der Waals surface area (Å²) in [4.78, 5) is 2.45. The van der Waals surface area contributed by atoms with Gasteiger partial charge in [0, 0.05) is 6.54 Å². The van der Waals surface area contributed by atoms with Crippen LogP contribution in [-0.2, 0) is 0 Å². The molecular weight excluding hydrogens is 200 g/mol. The quantitative estimate of drug-likeness (QED) is 0.777. The second kappa shape index (κ2) is 5.75. The zero-order chi connectivity index (χ0) is 11.2. The second-order valence-corrected chi connectivity index (χ2v) is 4.24. The molecule has 2 radical (unpaired) electrons. The molecule has 1 aliphatic rings. The fourth-order valence-corrected chi connectivity index (χ4v) is 2.02. The third kappa shape index (κ3) is 3.42. The van der Waals surface area contributed by atoms with Gasteiger partial charge in [-0.2, -0.15) is 5.73 Å². The number of hydrogen-bond donors (Lipinski definition) is 0. The van der Waals surface area contributed by atoms with E-state index < -0.39 is 0 Å². The Labute approximate surface area is 97.2 Å². The van der Waals surface area contributed by atoms with Crippen LogP contribution in [0.15, 0.2) is 24.3 Å². The van der Waals surface area contributed by atoms with E-state index >= 15 is 0 Å². The molecule has 1 aromatic carbocycles. The van der Waals surface area contributed by atoms with Crippen molar-refractivity contribution >= 4 is 5.69 Å². The van der Waals surface area contributed by atoms with Crippen molar-refractivity contribution in [2.75, 3.05) is 26.2 Å². The van der Waals surface area contributed by atoms with Crippen molar-refractivity contribution in [1.82, 2.24) is 10.6 Å². The lowest BCUT2D eigenvalue weighted by atomic mass is 10.1. The Morgan fingerprint density at radius 1 is 1.06 bits per heavy atom. The van der Waals surface area contributed by atoms with Crippen LogP contribution in [-0.4, -0.2) is 31.1 Å². The first-order valence-corrected chi connectivity index (χ1v) is 5.99. The molecule has 0 bridgehead atoms. The Balaban J connectivity index is 1.69. The summed E-state index contributed by atoms with van der Waals surface area (Å²) in [5.41, 5.74) is 9.40. The minimum absolute atomic E-state index is 0.281. The van der Waals surface area contributed by atoms with Gasteiger partial charge in [0.05, 0.1) is 5.69 Å². The Morgan fingerprint density at radius 3 is 2.44 bits per heavy atom. The Kier molecular flexibility index (Phi) is 4.05. The van der Waals surface area contributed by atoms with Crippen molar-refractivity contribution < 1.29 is 4.74 Å². The maximum absolute atomic E-state index is 9.12. The first-order chi connectivity index (χ1) is 7.84. The Bertz CT molecular complexity index is 304. The number of hydrogen-bond acceptors (Lipinski definition) is 2. The zero-order valence-electron chi connectivity index (χ0n) is 9.56. The third-order valence-corrected chi connectivity index (χ3v) is 2.96. The van der Waals surface area contributed by atoms with Crippen molar-refractivity contribution in [2.24, 2.45) is 0 Å². The summed E-state index contributed by atoms with van der Waals surface area (Å²) >= 11 is 0. The number of piperidine rings is 1. The predicted molar refractivity (Wildman–Crippen MR) is 64.0 cm³/mol. The summed E-state index contributed by atoms with van der Waals surface area (Å²) in [5.74, 6) is 0.829. The number of likely N-dealkylation sites (tertiary alicyclic amines) is 1. The van der Waals surface area contributed by atoms with Gasteiger partial charge < -0.3 is 4.74 Å². The fraction of sp³-hybridized carbons (Fsp3) is 0.538.